The average Bonchev–Trinajstić information content (AvgIpc) is 3.43. The van der Waals surface area contributed by atoms with Crippen LogP contribution in [0.1, 0.15) is 12.0 Å². The van der Waals surface area contributed by atoms with Crippen molar-refractivity contribution in [3.05, 3.63) is 77.3 Å². The Hall–Kier alpha value is -2.92. The van der Waals surface area contributed by atoms with Gasteiger partial charge in [-0.3, -0.25) is 19.3 Å². The van der Waals surface area contributed by atoms with E-state index in [0.29, 0.717) is 10.7 Å². The molecule has 5 nitrogen and oxygen atoms in total. The maximum Gasteiger partial charge on any atom is 0.248 e. The van der Waals surface area contributed by atoms with Crippen molar-refractivity contribution in [3.63, 3.8) is 0 Å². The van der Waals surface area contributed by atoms with Gasteiger partial charge >= 0.3 is 0 Å². The lowest BCUT2D eigenvalue weighted by Crippen LogP contribution is -2.49. The van der Waals surface area contributed by atoms with Gasteiger partial charge in [-0.1, -0.05) is 54.1 Å². The van der Waals surface area contributed by atoms with Crippen LogP contribution in [-0.2, 0) is 20.8 Å². The molecule has 2 aromatic carbocycles. The molecule has 1 N–H and O–H groups in total. The Labute approximate surface area is 179 Å². The number of anilines is 1. The fourth-order valence-corrected chi connectivity index (χ4v) is 5.26. The normalized spacial score (nSPS) is 27.4. The van der Waals surface area contributed by atoms with Gasteiger partial charge in [0.15, 0.2) is 0 Å². The summed E-state index contributed by atoms with van der Waals surface area (Å²) in [5, 5.41) is 3.42. The minimum atomic E-state index is -0.895. The molecule has 152 valence electrons. The molecular weight excluding hydrogens is 400 g/mol. The maximum atomic E-state index is 13.3. The molecular formula is C24H21ClN2O3. The number of hydrogen-bond acceptors (Lipinski definition) is 3. The van der Waals surface area contributed by atoms with Crippen molar-refractivity contribution in [2.75, 3.05) is 5.32 Å². The van der Waals surface area contributed by atoms with Crippen molar-refractivity contribution >= 4 is 35.0 Å². The zero-order valence-corrected chi connectivity index (χ0v) is 17.0. The second-order valence-electron chi connectivity index (χ2n) is 8.25. The molecule has 1 aliphatic heterocycles. The standard InChI is InChI=1S/C24H21ClN2O3/c25-17-8-10-18(11-9-17)26-22(28)19(12-14-4-2-1-3-5-14)27-23(29)20-15-6-7-16(13-15)21(20)24(27)30/h1-11,15-16,19-21H,12-13H2,(H,26,28)/t15-,16-,19-,20-,21+/m0/s1. The first kappa shape index (κ1) is 19.1. The molecule has 0 radical (unpaired) electrons. The maximum absolute atomic E-state index is 13.3. The van der Waals surface area contributed by atoms with Gasteiger partial charge in [0, 0.05) is 17.1 Å². The van der Waals surface area contributed by atoms with E-state index in [1.54, 1.807) is 24.3 Å². The molecule has 0 unspecified atom stereocenters. The fourth-order valence-electron chi connectivity index (χ4n) is 5.13. The van der Waals surface area contributed by atoms with Gasteiger partial charge in [-0.05, 0) is 48.1 Å². The number of hydrogen-bond donors (Lipinski definition) is 1. The first-order valence-corrected chi connectivity index (χ1v) is 10.6. The number of amides is 3. The summed E-state index contributed by atoms with van der Waals surface area (Å²) in [7, 11) is 0. The van der Waals surface area contributed by atoms with E-state index < -0.39 is 6.04 Å². The predicted molar refractivity (Wildman–Crippen MR) is 114 cm³/mol. The van der Waals surface area contributed by atoms with Crippen LogP contribution in [0.25, 0.3) is 0 Å². The minimum Gasteiger partial charge on any atom is -0.324 e. The van der Waals surface area contributed by atoms with Crippen LogP contribution in [0.3, 0.4) is 0 Å². The van der Waals surface area contributed by atoms with Gasteiger partial charge in [0.05, 0.1) is 11.8 Å². The highest BCUT2D eigenvalue weighted by Crippen LogP contribution is 2.53. The summed E-state index contributed by atoms with van der Waals surface area (Å²) in [6.45, 7) is 0. The molecule has 2 fully saturated rings. The first-order valence-electron chi connectivity index (χ1n) is 10.2. The summed E-state index contributed by atoms with van der Waals surface area (Å²) in [5.74, 6) is -1.23. The number of benzene rings is 2. The van der Waals surface area contributed by atoms with Gasteiger partial charge in [0.1, 0.15) is 6.04 Å². The smallest absolute Gasteiger partial charge is 0.248 e. The van der Waals surface area contributed by atoms with Gasteiger partial charge in [-0.15, -0.1) is 0 Å². The molecule has 5 rings (SSSR count). The number of carbonyl (C=O) groups excluding carboxylic acids is 3. The molecule has 1 saturated heterocycles. The monoisotopic (exact) mass is 420 g/mol. The van der Waals surface area contributed by atoms with Crippen LogP contribution in [0.2, 0.25) is 5.02 Å². The summed E-state index contributed by atoms with van der Waals surface area (Å²) < 4.78 is 0. The predicted octanol–water partition coefficient (Wildman–Crippen LogP) is 3.70. The Morgan fingerprint density at radius 3 is 2.17 bits per heavy atom. The van der Waals surface area contributed by atoms with Gasteiger partial charge in [0.25, 0.3) is 0 Å². The molecule has 1 heterocycles. The first-order chi connectivity index (χ1) is 14.5. The molecule has 1 saturated carbocycles. The average molecular weight is 421 g/mol. The summed E-state index contributed by atoms with van der Waals surface area (Å²) in [5.41, 5.74) is 1.47. The van der Waals surface area contributed by atoms with Gasteiger partial charge in [-0.25, -0.2) is 0 Å². The summed E-state index contributed by atoms with van der Waals surface area (Å²) in [6, 6.07) is 15.3. The number of allylic oxidation sites excluding steroid dienone is 2. The number of carbonyl (C=O) groups is 3. The number of likely N-dealkylation sites (tertiary alicyclic amines) is 1. The zero-order chi connectivity index (χ0) is 20.8. The molecule has 30 heavy (non-hydrogen) atoms. The third-order valence-corrected chi connectivity index (χ3v) is 6.75. The summed E-state index contributed by atoms with van der Waals surface area (Å²) >= 11 is 5.93. The lowest BCUT2D eigenvalue weighted by molar-refractivity contribution is -0.147. The molecule has 0 aromatic heterocycles. The SMILES string of the molecule is O=C(Nc1ccc(Cl)cc1)[C@H](Cc1ccccc1)N1C(=O)[C@@H]2[C@H](C1=O)[C@H]1C=C[C@H]2C1. The van der Waals surface area contributed by atoms with Crippen LogP contribution < -0.4 is 5.32 Å². The fraction of sp³-hybridized carbons (Fsp3) is 0.292. The Kier molecular flexibility index (Phi) is 4.70. The van der Waals surface area contributed by atoms with E-state index in [1.807, 2.05) is 30.3 Å². The highest BCUT2D eigenvalue weighted by Gasteiger charge is 2.61. The highest BCUT2D eigenvalue weighted by molar-refractivity contribution is 6.30. The molecule has 2 bridgehead atoms. The van der Waals surface area contributed by atoms with Crippen molar-refractivity contribution < 1.29 is 14.4 Å². The van der Waals surface area contributed by atoms with E-state index in [4.69, 9.17) is 11.6 Å². The molecule has 5 atom stereocenters. The molecule has 3 aliphatic rings. The Morgan fingerprint density at radius 2 is 1.57 bits per heavy atom. The third-order valence-electron chi connectivity index (χ3n) is 6.50. The largest absolute Gasteiger partial charge is 0.324 e. The number of fused-ring (bicyclic) bond motifs is 5. The Morgan fingerprint density at radius 1 is 0.967 bits per heavy atom. The number of nitrogens with zero attached hydrogens (tertiary/aromatic N) is 1. The van der Waals surface area contributed by atoms with E-state index in [0.717, 1.165) is 12.0 Å². The van der Waals surface area contributed by atoms with Gasteiger partial charge in [-0.2, -0.15) is 0 Å². The van der Waals surface area contributed by atoms with Crippen molar-refractivity contribution in [2.24, 2.45) is 23.7 Å². The molecule has 6 heteroatoms. The molecule has 0 spiro atoms. The highest BCUT2D eigenvalue weighted by atomic mass is 35.5. The molecule has 2 aliphatic carbocycles. The van der Waals surface area contributed by atoms with E-state index in [2.05, 4.69) is 17.5 Å². The van der Waals surface area contributed by atoms with Crippen molar-refractivity contribution in [1.82, 2.24) is 4.90 Å². The molecule has 3 amide bonds. The topological polar surface area (TPSA) is 66.5 Å². The second-order valence-corrected chi connectivity index (χ2v) is 8.68. The van der Waals surface area contributed by atoms with E-state index in [-0.39, 0.29) is 47.8 Å². The Bertz CT molecular complexity index is 1000. The van der Waals surface area contributed by atoms with Crippen LogP contribution in [0.4, 0.5) is 5.69 Å². The number of rotatable bonds is 5. The van der Waals surface area contributed by atoms with Crippen molar-refractivity contribution in [3.8, 4) is 0 Å². The number of halogens is 1. The van der Waals surface area contributed by atoms with Crippen LogP contribution in [0.15, 0.2) is 66.7 Å². The molecule has 2 aromatic rings. The van der Waals surface area contributed by atoms with Gasteiger partial charge < -0.3 is 5.32 Å². The van der Waals surface area contributed by atoms with Crippen molar-refractivity contribution in [2.45, 2.75) is 18.9 Å². The van der Waals surface area contributed by atoms with E-state index in [1.165, 1.54) is 4.90 Å². The lowest BCUT2D eigenvalue weighted by Gasteiger charge is -2.27. The Balaban J connectivity index is 1.45. The number of imide groups is 1. The van der Waals surface area contributed by atoms with Crippen LogP contribution in [0.5, 0.6) is 0 Å². The van der Waals surface area contributed by atoms with E-state index >= 15 is 0 Å². The van der Waals surface area contributed by atoms with Crippen LogP contribution in [0, 0.1) is 23.7 Å². The number of nitrogens with one attached hydrogen (secondary N) is 1. The summed E-state index contributed by atoms with van der Waals surface area (Å²) in [6.07, 6.45) is 5.25. The quantitative estimate of drug-likeness (QED) is 0.592. The zero-order valence-electron chi connectivity index (χ0n) is 16.2. The second kappa shape index (κ2) is 7.40. The van der Waals surface area contributed by atoms with Gasteiger partial charge in [0.2, 0.25) is 17.7 Å². The van der Waals surface area contributed by atoms with Crippen LogP contribution >= 0.6 is 11.6 Å². The lowest BCUT2D eigenvalue weighted by atomic mass is 9.85. The third kappa shape index (κ3) is 3.14. The minimum absolute atomic E-state index is 0.109. The summed E-state index contributed by atoms with van der Waals surface area (Å²) in [4.78, 5) is 41.1. The van der Waals surface area contributed by atoms with Crippen molar-refractivity contribution in [1.29, 1.82) is 0 Å². The van der Waals surface area contributed by atoms with Crippen LogP contribution in [-0.4, -0.2) is 28.7 Å². The van der Waals surface area contributed by atoms with E-state index in [9.17, 15) is 14.4 Å².